The third-order valence-electron chi connectivity index (χ3n) is 5.50. The number of carbonyl (C=O) groups excluding carboxylic acids is 2. The summed E-state index contributed by atoms with van der Waals surface area (Å²) in [5.41, 5.74) is 3.16. The Morgan fingerprint density at radius 2 is 1.90 bits per heavy atom. The molecule has 6 nitrogen and oxygen atoms in total. The fraction of sp³-hybridized carbons (Fsp3) is 0.440. The van der Waals surface area contributed by atoms with Crippen LogP contribution in [0.5, 0.6) is 11.5 Å². The first-order valence-corrected chi connectivity index (χ1v) is 11.0. The van der Waals surface area contributed by atoms with Crippen molar-refractivity contribution in [2.75, 3.05) is 13.3 Å². The number of ether oxygens (including phenoxy) is 2. The van der Waals surface area contributed by atoms with Crippen molar-refractivity contribution in [2.45, 2.75) is 59.0 Å². The minimum atomic E-state index is -0.540. The van der Waals surface area contributed by atoms with Crippen molar-refractivity contribution in [3.05, 3.63) is 59.2 Å². The summed E-state index contributed by atoms with van der Waals surface area (Å²) in [6.07, 6.45) is 2.83. The highest BCUT2D eigenvalue weighted by Crippen LogP contribution is 2.32. The molecule has 0 saturated heterocycles. The molecule has 1 heterocycles. The highest BCUT2D eigenvalue weighted by atomic mass is 16.7. The molecule has 0 spiro atoms. The Morgan fingerprint density at radius 1 is 1.10 bits per heavy atom. The number of benzene rings is 2. The van der Waals surface area contributed by atoms with Gasteiger partial charge in [0.15, 0.2) is 11.5 Å². The summed E-state index contributed by atoms with van der Waals surface area (Å²) in [7, 11) is 0. The van der Waals surface area contributed by atoms with E-state index in [1.54, 1.807) is 11.8 Å². The maximum atomic E-state index is 13.2. The molecule has 2 aromatic carbocycles. The number of aryl methyl sites for hydroxylation is 2. The van der Waals surface area contributed by atoms with Crippen LogP contribution in [0.15, 0.2) is 42.5 Å². The van der Waals surface area contributed by atoms with Gasteiger partial charge in [-0.25, -0.2) is 0 Å². The van der Waals surface area contributed by atoms with Gasteiger partial charge in [0.1, 0.15) is 6.04 Å². The van der Waals surface area contributed by atoms with E-state index in [2.05, 4.69) is 18.3 Å². The van der Waals surface area contributed by atoms with E-state index in [0.717, 1.165) is 35.3 Å². The van der Waals surface area contributed by atoms with Crippen LogP contribution in [-0.2, 0) is 22.6 Å². The lowest BCUT2D eigenvalue weighted by Gasteiger charge is -2.29. The molecule has 1 N–H and O–H groups in total. The van der Waals surface area contributed by atoms with Crippen LogP contribution in [0.3, 0.4) is 0 Å². The van der Waals surface area contributed by atoms with E-state index in [-0.39, 0.29) is 18.6 Å². The third-order valence-corrected chi connectivity index (χ3v) is 5.50. The number of amides is 2. The number of nitrogens with zero attached hydrogens (tertiary/aromatic N) is 1. The van der Waals surface area contributed by atoms with Crippen molar-refractivity contribution in [1.82, 2.24) is 10.2 Å². The predicted octanol–water partition coefficient (Wildman–Crippen LogP) is 3.99. The van der Waals surface area contributed by atoms with Crippen molar-refractivity contribution < 1.29 is 19.1 Å². The molecule has 0 saturated carbocycles. The molecule has 0 unspecified atom stereocenters. The molecule has 2 amide bonds. The van der Waals surface area contributed by atoms with Crippen molar-refractivity contribution in [2.24, 2.45) is 0 Å². The average Bonchev–Trinajstić information content (AvgIpc) is 3.23. The first-order chi connectivity index (χ1) is 15.0. The normalized spacial score (nSPS) is 13.0. The SMILES string of the molecule is CCCCNC(=O)[C@H](C)N(Cc1cccc(C)c1)C(=O)CCc1ccc2c(c1)OCO2. The second-order valence-corrected chi connectivity index (χ2v) is 8.02. The Morgan fingerprint density at radius 3 is 2.68 bits per heavy atom. The number of hydrogen-bond acceptors (Lipinski definition) is 4. The van der Waals surface area contributed by atoms with Gasteiger partial charge in [0.25, 0.3) is 0 Å². The molecule has 3 rings (SSSR count). The Kier molecular flexibility index (Phi) is 7.93. The van der Waals surface area contributed by atoms with E-state index in [0.29, 0.717) is 31.7 Å². The fourth-order valence-corrected chi connectivity index (χ4v) is 3.62. The summed E-state index contributed by atoms with van der Waals surface area (Å²) in [6, 6.07) is 13.3. The molecule has 0 bridgehead atoms. The summed E-state index contributed by atoms with van der Waals surface area (Å²) in [5.74, 6) is 1.29. The highest BCUT2D eigenvalue weighted by Gasteiger charge is 2.26. The second-order valence-electron chi connectivity index (χ2n) is 8.02. The van der Waals surface area contributed by atoms with Gasteiger partial charge in [-0.05, 0) is 49.9 Å². The summed E-state index contributed by atoms with van der Waals surface area (Å²) >= 11 is 0. The van der Waals surface area contributed by atoms with Crippen LogP contribution in [-0.4, -0.2) is 36.1 Å². The molecule has 1 atom stereocenters. The van der Waals surface area contributed by atoms with Crippen molar-refractivity contribution in [3.63, 3.8) is 0 Å². The average molecular weight is 425 g/mol. The Labute approximate surface area is 184 Å². The van der Waals surface area contributed by atoms with Crippen LogP contribution in [0.1, 0.15) is 49.8 Å². The second kappa shape index (κ2) is 10.8. The molecule has 1 aliphatic rings. The number of rotatable bonds is 10. The largest absolute Gasteiger partial charge is 0.454 e. The van der Waals surface area contributed by atoms with Crippen LogP contribution < -0.4 is 14.8 Å². The molecule has 0 radical (unpaired) electrons. The minimum Gasteiger partial charge on any atom is -0.454 e. The quantitative estimate of drug-likeness (QED) is 0.586. The van der Waals surface area contributed by atoms with E-state index in [4.69, 9.17) is 9.47 Å². The van der Waals surface area contributed by atoms with Crippen molar-refractivity contribution in [1.29, 1.82) is 0 Å². The lowest BCUT2D eigenvalue weighted by Crippen LogP contribution is -2.47. The van der Waals surface area contributed by atoms with Gasteiger partial charge in [-0.2, -0.15) is 0 Å². The van der Waals surface area contributed by atoms with Crippen molar-refractivity contribution >= 4 is 11.8 Å². The molecule has 6 heteroatoms. The topological polar surface area (TPSA) is 67.9 Å². The van der Waals surface area contributed by atoms with Gasteiger partial charge in [0, 0.05) is 19.5 Å². The van der Waals surface area contributed by atoms with Crippen LogP contribution in [0.2, 0.25) is 0 Å². The van der Waals surface area contributed by atoms with E-state index in [1.807, 2.05) is 43.3 Å². The third kappa shape index (κ3) is 6.23. The van der Waals surface area contributed by atoms with Crippen molar-refractivity contribution in [3.8, 4) is 11.5 Å². The lowest BCUT2D eigenvalue weighted by atomic mass is 10.1. The molecule has 31 heavy (non-hydrogen) atoms. The smallest absolute Gasteiger partial charge is 0.242 e. The number of fused-ring (bicyclic) bond motifs is 1. The number of hydrogen-bond donors (Lipinski definition) is 1. The molecule has 0 fully saturated rings. The molecule has 0 aromatic heterocycles. The molecular formula is C25H32N2O4. The fourth-order valence-electron chi connectivity index (χ4n) is 3.62. The summed E-state index contributed by atoms with van der Waals surface area (Å²) < 4.78 is 10.8. The lowest BCUT2D eigenvalue weighted by molar-refractivity contribution is -0.140. The Balaban J connectivity index is 1.69. The van der Waals surface area contributed by atoms with Gasteiger partial charge >= 0.3 is 0 Å². The van der Waals surface area contributed by atoms with E-state index >= 15 is 0 Å². The van der Waals surface area contributed by atoms with E-state index in [1.165, 1.54) is 0 Å². The van der Waals surface area contributed by atoms with Gasteiger partial charge in [0.2, 0.25) is 18.6 Å². The predicted molar refractivity (Wildman–Crippen MR) is 120 cm³/mol. The van der Waals surface area contributed by atoms with Gasteiger partial charge < -0.3 is 19.7 Å². The maximum absolute atomic E-state index is 13.2. The molecule has 166 valence electrons. The molecule has 0 aliphatic carbocycles. The van der Waals surface area contributed by atoms with Crippen LogP contribution >= 0.6 is 0 Å². The standard InChI is InChI=1S/C25H32N2O4/c1-4-5-13-26-25(29)19(3)27(16-21-8-6-7-18(2)14-21)24(28)12-10-20-9-11-22-23(15-20)31-17-30-22/h6-9,11,14-15,19H,4-5,10,12-13,16-17H2,1-3H3,(H,26,29)/t19-/m0/s1. The summed E-state index contributed by atoms with van der Waals surface area (Å²) in [6.45, 7) is 7.17. The number of carbonyl (C=O) groups is 2. The first-order valence-electron chi connectivity index (χ1n) is 11.0. The Hall–Kier alpha value is -3.02. The maximum Gasteiger partial charge on any atom is 0.242 e. The van der Waals surface area contributed by atoms with E-state index in [9.17, 15) is 9.59 Å². The van der Waals surface area contributed by atoms with Gasteiger partial charge in [-0.3, -0.25) is 9.59 Å². The highest BCUT2D eigenvalue weighted by molar-refractivity contribution is 5.87. The monoisotopic (exact) mass is 424 g/mol. The van der Waals surface area contributed by atoms with Crippen LogP contribution in [0.4, 0.5) is 0 Å². The number of unbranched alkanes of at least 4 members (excludes halogenated alkanes) is 1. The number of nitrogens with one attached hydrogen (secondary N) is 1. The zero-order valence-corrected chi connectivity index (χ0v) is 18.6. The van der Waals surface area contributed by atoms with Crippen LogP contribution in [0.25, 0.3) is 0 Å². The Bertz CT molecular complexity index is 912. The van der Waals surface area contributed by atoms with Gasteiger partial charge in [-0.15, -0.1) is 0 Å². The van der Waals surface area contributed by atoms with Gasteiger partial charge in [0.05, 0.1) is 0 Å². The first kappa shape index (κ1) is 22.7. The van der Waals surface area contributed by atoms with Crippen LogP contribution in [0, 0.1) is 6.92 Å². The van der Waals surface area contributed by atoms with E-state index < -0.39 is 6.04 Å². The summed E-state index contributed by atoms with van der Waals surface area (Å²) in [5, 5.41) is 2.95. The minimum absolute atomic E-state index is 0.0442. The molecule has 2 aromatic rings. The zero-order valence-electron chi connectivity index (χ0n) is 18.6. The molecular weight excluding hydrogens is 392 g/mol. The molecule has 1 aliphatic heterocycles. The zero-order chi connectivity index (χ0) is 22.2. The summed E-state index contributed by atoms with van der Waals surface area (Å²) in [4.78, 5) is 27.6. The van der Waals surface area contributed by atoms with Gasteiger partial charge in [-0.1, -0.05) is 49.2 Å².